The van der Waals surface area contributed by atoms with Crippen LogP contribution in [0.3, 0.4) is 0 Å². The molecule has 2 saturated heterocycles. The summed E-state index contributed by atoms with van der Waals surface area (Å²) in [5.74, 6) is 2.12. The van der Waals surface area contributed by atoms with Gasteiger partial charge in [-0.25, -0.2) is 20.0 Å². The third-order valence-electron chi connectivity index (χ3n) is 8.78. The molecule has 7 rings (SSSR count). The molecular formula is C32H37N9O3. The maximum Gasteiger partial charge on any atom is 0.266 e. The number of piperazine rings is 1. The normalized spacial score (nSPS) is 21.6. The van der Waals surface area contributed by atoms with E-state index >= 15 is 0 Å². The number of amides is 1. The summed E-state index contributed by atoms with van der Waals surface area (Å²) in [6, 6.07) is 12.6. The average molecular weight is 596 g/mol. The highest BCUT2D eigenvalue weighted by Crippen LogP contribution is 2.36. The molecule has 4 aliphatic heterocycles. The summed E-state index contributed by atoms with van der Waals surface area (Å²) in [4.78, 5) is 45.9. The second kappa shape index (κ2) is 12.2. The summed E-state index contributed by atoms with van der Waals surface area (Å²) in [7, 11) is 1.91. The molecule has 6 heterocycles. The second-order valence-corrected chi connectivity index (χ2v) is 11.6. The zero-order chi connectivity index (χ0) is 30.0. The Morgan fingerprint density at radius 3 is 2.73 bits per heavy atom. The Morgan fingerprint density at radius 1 is 0.977 bits per heavy atom. The Morgan fingerprint density at radius 2 is 1.86 bits per heavy atom. The van der Waals surface area contributed by atoms with Crippen molar-refractivity contribution in [2.45, 2.75) is 31.7 Å². The van der Waals surface area contributed by atoms with Gasteiger partial charge in [0.1, 0.15) is 0 Å². The summed E-state index contributed by atoms with van der Waals surface area (Å²) in [5.41, 5.74) is 2.37. The molecule has 0 aliphatic carbocycles. The number of ether oxygens (including phenoxy) is 1. The van der Waals surface area contributed by atoms with Gasteiger partial charge in [0, 0.05) is 63.4 Å². The van der Waals surface area contributed by atoms with Crippen LogP contribution in [0, 0.1) is 0 Å². The number of nitrogens with zero attached hydrogens (tertiary/aromatic N) is 8. The lowest BCUT2D eigenvalue weighted by Crippen LogP contribution is -2.50. The minimum absolute atomic E-state index is 0.0121. The number of pyridine rings is 1. The predicted octanol–water partition coefficient (Wildman–Crippen LogP) is 3.77. The number of fused-ring (bicyclic) bond motifs is 2. The van der Waals surface area contributed by atoms with Crippen LogP contribution in [-0.4, -0.2) is 96.0 Å². The fourth-order valence-corrected chi connectivity index (χ4v) is 6.46. The molecule has 2 bridgehead atoms. The van der Waals surface area contributed by atoms with Crippen LogP contribution >= 0.6 is 0 Å². The van der Waals surface area contributed by atoms with Gasteiger partial charge in [0.2, 0.25) is 5.95 Å². The van der Waals surface area contributed by atoms with Gasteiger partial charge in [-0.2, -0.15) is 4.98 Å². The molecule has 12 heteroatoms. The lowest BCUT2D eigenvalue weighted by atomic mass is 10.1. The largest absolute Gasteiger partial charge is 0.480 e. The van der Waals surface area contributed by atoms with Gasteiger partial charge in [0.15, 0.2) is 36.1 Å². The fraction of sp³-hybridized carbons (Fsp3) is 0.406. The van der Waals surface area contributed by atoms with Crippen molar-refractivity contribution in [3.63, 3.8) is 0 Å². The average Bonchev–Trinajstić information content (AvgIpc) is 3.52. The third kappa shape index (κ3) is 5.58. The smallest absolute Gasteiger partial charge is 0.266 e. The maximum atomic E-state index is 12.8. The van der Waals surface area contributed by atoms with Gasteiger partial charge >= 0.3 is 0 Å². The molecular weight excluding hydrogens is 558 g/mol. The van der Waals surface area contributed by atoms with Crippen molar-refractivity contribution in [3.05, 3.63) is 60.3 Å². The summed E-state index contributed by atoms with van der Waals surface area (Å²) < 4.78 is 5.69. The molecule has 0 spiro atoms. The summed E-state index contributed by atoms with van der Waals surface area (Å²) >= 11 is 0. The highest BCUT2D eigenvalue weighted by molar-refractivity contribution is 5.97. The van der Waals surface area contributed by atoms with E-state index in [1.165, 1.54) is 31.3 Å². The minimum atomic E-state index is -0.128. The van der Waals surface area contributed by atoms with Crippen LogP contribution in [0.1, 0.15) is 36.0 Å². The fourth-order valence-electron chi connectivity index (χ4n) is 6.46. The number of anilines is 6. The summed E-state index contributed by atoms with van der Waals surface area (Å²) in [5, 5.41) is 7.03. The van der Waals surface area contributed by atoms with Crippen LogP contribution in [0.4, 0.5) is 34.8 Å². The van der Waals surface area contributed by atoms with Gasteiger partial charge in [0.05, 0.1) is 5.56 Å². The second-order valence-electron chi connectivity index (χ2n) is 11.6. The van der Waals surface area contributed by atoms with Crippen molar-refractivity contribution in [1.29, 1.82) is 0 Å². The molecule has 1 aromatic carbocycles. The van der Waals surface area contributed by atoms with Crippen molar-refractivity contribution in [2.75, 3.05) is 73.0 Å². The summed E-state index contributed by atoms with van der Waals surface area (Å²) in [6.45, 7) is 5.54. The van der Waals surface area contributed by atoms with E-state index in [0.29, 0.717) is 53.8 Å². The number of hydrazine groups is 1. The zero-order valence-corrected chi connectivity index (χ0v) is 24.9. The molecule has 44 heavy (non-hydrogen) atoms. The lowest BCUT2D eigenvalue weighted by molar-refractivity contribution is -0.121. The van der Waals surface area contributed by atoms with E-state index in [1.54, 1.807) is 9.91 Å². The number of hydrogen-bond acceptors (Lipinski definition) is 11. The van der Waals surface area contributed by atoms with Crippen molar-refractivity contribution in [2.24, 2.45) is 0 Å². The molecule has 1 unspecified atom stereocenters. The predicted molar refractivity (Wildman–Crippen MR) is 169 cm³/mol. The van der Waals surface area contributed by atoms with Crippen molar-refractivity contribution < 1.29 is 14.3 Å². The molecule has 1 amide bonds. The van der Waals surface area contributed by atoms with E-state index in [4.69, 9.17) is 14.7 Å². The molecule has 0 radical (unpaired) electrons. The number of nitrogens with one attached hydrogen (secondary N) is 1. The molecule has 228 valence electrons. The molecule has 0 saturated carbocycles. The number of allylic oxidation sites excluding steroid dienone is 1. The quantitative estimate of drug-likeness (QED) is 0.344. The highest BCUT2D eigenvalue weighted by Gasteiger charge is 2.31. The Bertz CT molecular complexity index is 1560. The maximum absolute atomic E-state index is 12.8. The van der Waals surface area contributed by atoms with Crippen LogP contribution in [0.5, 0.6) is 5.75 Å². The van der Waals surface area contributed by atoms with Crippen molar-refractivity contribution >= 4 is 47.0 Å². The molecule has 3 aromatic rings. The Hall–Kier alpha value is -4.55. The first kappa shape index (κ1) is 28.2. The number of aromatic nitrogens is 3. The van der Waals surface area contributed by atoms with Gasteiger partial charge in [-0.05, 0) is 68.6 Å². The third-order valence-corrected chi connectivity index (χ3v) is 8.78. The standard InChI is InChI=1S/C32H37N9O3/c1-37-14-4-2-3-5-16-40-29(43)22-44-27-12-13-28(35-31(27)40)41(37)30-23(21-42)19-33-32(36-30)34-24-8-10-25(11-9-24)39-18-17-38-15-6-7-26(38)20-39/h2,4,8-13,19,21,26H,3,5-7,14-18,20,22H2,1H3,(H,33,34,36)/b4-2-. The van der Waals surface area contributed by atoms with Crippen molar-refractivity contribution in [1.82, 2.24) is 24.9 Å². The number of hydrogen-bond donors (Lipinski definition) is 1. The first-order valence-corrected chi connectivity index (χ1v) is 15.4. The number of benzene rings is 1. The van der Waals surface area contributed by atoms with Crippen LogP contribution < -0.4 is 24.9 Å². The number of likely N-dealkylation sites (N-methyl/N-ethyl adjacent to an activating group) is 1. The van der Waals surface area contributed by atoms with E-state index in [9.17, 15) is 9.59 Å². The Balaban J connectivity index is 1.18. The van der Waals surface area contributed by atoms with Crippen LogP contribution in [-0.2, 0) is 4.79 Å². The SMILES string of the molecule is CN1C/C=C\CCCN2C(=O)COc3ccc(nc32)N1c1nc(Nc2ccc(N3CCN4CCCC4C3)cc2)ncc1C=O. The van der Waals surface area contributed by atoms with E-state index in [2.05, 4.69) is 44.4 Å². The highest BCUT2D eigenvalue weighted by atomic mass is 16.5. The van der Waals surface area contributed by atoms with Gasteiger partial charge in [0.25, 0.3) is 5.91 Å². The van der Waals surface area contributed by atoms with E-state index in [1.807, 2.05) is 36.3 Å². The molecule has 2 fully saturated rings. The van der Waals surface area contributed by atoms with Crippen LogP contribution in [0.25, 0.3) is 0 Å². The van der Waals surface area contributed by atoms with E-state index in [-0.39, 0.29) is 12.5 Å². The molecule has 4 aliphatic rings. The molecule has 2 aromatic heterocycles. The lowest BCUT2D eigenvalue weighted by Gasteiger charge is -2.38. The zero-order valence-electron chi connectivity index (χ0n) is 24.9. The first-order chi connectivity index (χ1) is 21.6. The Kier molecular flexibility index (Phi) is 7.84. The number of carbonyl (C=O) groups excluding carboxylic acids is 2. The van der Waals surface area contributed by atoms with Crippen molar-refractivity contribution in [3.8, 4) is 5.75 Å². The molecule has 12 nitrogen and oxygen atoms in total. The van der Waals surface area contributed by atoms with E-state index in [0.717, 1.165) is 44.4 Å². The van der Waals surface area contributed by atoms with Crippen LogP contribution in [0.2, 0.25) is 0 Å². The van der Waals surface area contributed by atoms with E-state index < -0.39 is 0 Å². The topological polar surface area (TPSA) is 110 Å². The number of aldehydes is 1. The van der Waals surface area contributed by atoms with Gasteiger partial charge in [-0.15, -0.1) is 0 Å². The Labute approximate surface area is 256 Å². The molecule has 1 atom stereocenters. The van der Waals surface area contributed by atoms with Crippen LogP contribution in [0.15, 0.2) is 54.7 Å². The van der Waals surface area contributed by atoms with Gasteiger partial charge in [-0.3, -0.25) is 19.4 Å². The minimum Gasteiger partial charge on any atom is -0.480 e. The monoisotopic (exact) mass is 595 g/mol. The van der Waals surface area contributed by atoms with Gasteiger partial charge in [-0.1, -0.05) is 12.2 Å². The molecule has 1 N–H and O–H groups in total. The number of rotatable bonds is 5. The van der Waals surface area contributed by atoms with Gasteiger partial charge < -0.3 is 15.0 Å². The number of carbonyl (C=O) groups is 2. The summed E-state index contributed by atoms with van der Waals surface area (Å²) in [6.07, 6.45) is 10.7. The first-order valence-electron chi connectivity index (χ1n) is 15.4.